The summed E-state index contributed by atoms with van der Waals surface area (Å²) in [4.78, 5) is 3.65. The molecule has 1 rings (SSSR count). The Kier molecular flexibility index (Phi) is 3.07. The van der Waals surface area contributed by atoms with E-state index >= 15 is 0 Å². The van der Waals surface area contributed by atoms with Crippen LogP contribution in [0.15, 0.2) is 18.7 Å². The van der Waals surface area contributed by atoms with Gasteiger partial charge in [-0.25, -0.2) is 9.07 Å². The maximum Gasteiger partial charge on any atom is 0.110 e. The van der Waals surface area contributed by atoms with Crippen LogP contribution in [0.3, 0.4) is 0 Å². The molecule has 4 heteroatoms. The van der Waals surface area contributed by atoms with E-state index in [4.69, 9.17) is 11.8 Å². The fourth-order valence-corrected chi connectivity index (χ4v) is 0.344. The quantitative estimate of drug-likeness (QED) is 0.552. The van der Waals surface area contributed by atoms with Gasteiger partial charge in [0.15, 0.2) is 0 Å². The minimum absolute atomic E-state index is 0. The summed E-state index contributed by atoms with van der Waals surface area (Å²) in [5.74, 6) is 0. The van der Waals surface area contributed by atoms with Crippen molar-refractivity contribution < 1.29 is 16.8 Å². The molecule has 0 aliphatic heterocycles. The van der Waals surface area contributed by atoms with E-state index in [-0.39, 0.29) is 16.8 Å². The molecule has 1 radical (unpaired) electrons. The fourth-order valence-electron chi connectivity index (χ4n) is 0.243. The van der Waals surface area contributed by atoms with Gasteiger partial charge in [0.2, 0.25) is 0 Å². The third kappa shape index (κ3) is 1.96. The average molecular weight is 161 g/mol. The first kappa shape index (κ1) is 7.01. The zero-order chi connectivity index (χ0) is 4.41. The van der Waals surface area contributed by atoms with Crippen molar-refractivity contribution in [1.82, 2.24) is 9.07 Å². The Balaban J connectivity index is 0.000000360. The number of hydrogen-bond acceptors (Lipinski definition) is 1. The molecule has 0 fully saturated rings. The molecule has 1 aromatic heterocycles. The van der Waals surface area contributed by atoms with Gasteiger partial charge in [-0.15, -0.1) is 0 Å². The van der Waals surface area contributed by atoms with E-state index in [0.29, 0.717) is 0 Å². The summed E-state index contributed by atoms with van der Waals surface area (Å²) in [7, 11) is 0. The van der Waals surface area contributed by atoms with E-state index in [0.717, 1.165) is 0 Å². The Hall–Kier alpha value is 0.00649. The Labute approximate surface area is 56.8 Å². The van der Waals surface area contributed by atoms with E-state index in [9.17, 15) is 0 Å². The van der Waals surface area contributed by atoms with Crippen molar-refractivity contribution in [2.75, 3.05) is 0 Å². The molecule has 1 aromatic rings. The van der Waals surface area contributed by atoms with Crippen LogP contribution >= 0.6 is 11.8 Å². The molecule has 0 saturated heterocycles. The molecule has 7 heavy (non-hydrogen) atoms. The summed E-state index contributed by atoms with van der Waals surface area (Å²) in [5.41, 5.74) is 0. The second kappa shape index (κ2) is 3.07. The van der Waals surface area contributed by atoms with Crippen molar-refractivity contribution in [1.29, 1.82) is 0 Å². The van der Waals surface area contributed by atoms with Crippen molar-refractivity contribution in [2.24, 2.45) is 0 Å². The normalized spacial score (nSPS) is 7.57. The van der Waals surface area contributed by atoms with E-state index in [2.05, 4.69) is 4.98 Å². The standard InChI is InChI=1S/C3H3ClN2.Co/c4-6-2-1-5-3-6;/h1-3H;. The zero-order valence-electron chi connectivity index (χ0n) is 3.34. The van der Waals surface area contributed by atoms with Crippen LogP contribution in [0.1, 0.15) is 0 Å². The number of nitrogens with zero attached hydrogens (tertiary/aromatic N) is 2. The van der Waals surface area contributed by atoms with Gasteiger partial charge in [-0.2, -0.15) is 0 Å². The number of rotatable bonds is 0. The van der Waals surface area contributed by atoms with Gasteiger partial charge >= 0.3 is 0 Å². The van der Waals surface area contributed by atoms with Crippen LogP contribution < -0.4 is 0 Å². The Morgan fingerprint density at radius 3 is 2.43 bits per heavy atom. The maximum atomic E-state index is 5.31. The summed E-state index contributed by atoms with van der Waals surface area (Å²) in [6, 6.07) is 0. The predicted octanol–water partition coefficient (Wildman–Crippen LogP) is 0.882. The van der Waals surface area contributed by atoms with Crippen LogP contribution in [-0.4, -0.2) is 9.07 Å². The van der Waals surface area contributed by atoms with E-state index in [1.54, 1.807) is 12.4 Å². The van der Waals surface area contributed by atoms with Crippen molar-refractivity contribution in [3.8, 4) is 0 Å². The monoisotopic (exact) mass is 161 g/mol. The maximum absolute atomic E-state index is 5.31. The van der Waals surface area contributed by atoms with Crippen LogP contribution in [0.5, 0.6) is 0 Å². The van der Waals surface area contributed by atoms with Crippen molar-refractivity contribution in [3.05, 3.63) is 18.7 Å². The van der Waals surface area contributed by atoms with E-state index in [1.807, 2.05) is 0 Å². The largest absolute Gasteiger partial charge is 0.249 e. The molecular formula is C3H3ClCoN2. The van der Waals surface area contributed by atoms with Crippen LogP contribution in [0, 0.1) is 0 Å². The molecule has 0 aliphatic carbocycles. The topological polar surface area (TPSA) is 17.8 Å². The molecule has 1 heterocycles. The fraction of sp³-hybridized carbons (Fsp3) is 0. The Morgan fingerprint density at radius 1 is 1.57 bits per heavy atom. The Bertz CT molecular complexity index is 116. The first-order valence-corrected chi connectivity index (χ1v) is 1.87. The van der Waals surface area contributed by atoms with Gasteiger partial charge in [0.25, 0.3) is 0 Å². The summed E-state index contributed by atoms with van der Waals surface area (Å²) >= 11 is 5.31. The van der Waals surface area contributed by atoms with Crippen LogP contribution in [-0.2, 0) is 16.8 Å². The smallest absolute Gasteiger partial charge is 0.110 e. The van der Waals surface area contributed by atoms with Gasteiger partial charge in [0.1, 0.15) is 6.33 Å². The van der Waals surface area contributed by atoms with Crippen LogP contribution in [0.4, 0.5) is 0 Å². The Morgan fingerprint density at radius 2 is 2.29 bits per heavy atom. The number of imidazole rings is 1. The minimum Gasteiger partial charge on any atom is -0.249 e. The van der Waals surface area contributed by atoms with Gasteiger partial charge in [0.05, 0.1) is 0 Å². The van der Waals surface area contributed by atoms with Crippen LogP contribution in [0.2, 0.25) is 0 Å². The van der Waals surface area contributed by atoms with Crippen LogP contribution in [0.25, 0.3) is 0 Å². The summed E-state index contributed by atoms with van der Waals surface area (Å²) in [6.07, 6.45) is 4.79. The molecule has 2 nitrogen and oxygen atoms in total. The summed E-state index contributed by atoms with van der Waals surface area (Å²) in [6.45, 7) is 0. The first-order chi connectivity index (χ1) is 2.89. The molecule has 0 aromatic carbocycles. The molecule has 0 unspecified atom stereocenters. The number of hydrogen-bond donors (Lipinski definition) is 0. The molecule has 0 amide bonds. The first-order valence-electron chi connectivity index (χ1n) is 1.54. The van der Waals surface area contributed by atoms with Gasteiger partial charge in [-0.1, -0.05) is 0 Å². The zero-order valence-corrected chi connectivity index (χ0v) is 5.13. The third-order valence-electron chi connectivity index (χ3n) is 0.472. The summed E-state index contributed by atoms with van der Waals surface area (Å²) in [5, 5.41) is 0. The van der Waals surface area contributed by atoms with Gasteiger partial charge < -0.3 is 0 Å². The number of aromatic nitrogens is 2. The van der Waals surface area contributed by atoms with Crippen molar-refractivity contribution in [3.63, 3.8) is 0 Å². The molecule has 41 valence electrons. The second-order valence-corrected chi connectivity index (χ2v) is 1.30. The molecule has 0 atom stereocenters. The van der Waals surface area contributed by atoms with Gasteiger partial charge in [-0.05, 0) is 0 Å². The van der Waals surface area contributed by atoms with E-state index in [1.165, 1.54) is 10.4 Å². The molecule has 0 aliphatic rings. The molecule has 0 saturated carbocycles. The van der Waals surface area contributed by atoms with Gasteiger partial charge in [-0.3, -0.25) is 0 Å². The van der Waals surface area contributed by atoms with Crippen molar-refractivity contribution >= 4 is 11.8 Å². The number of halogens is 1. The van der Waals surface area contributed by atoms with Crippen molar-refractivity contribution in [2.45, 2.75) is 0 Å². The van der Waals surface area contributed by atoms with Gasteiger partial charge in [0, 0.05) is 40.9 Å². The third-order valence-corrected chi connectivity index (χ3v) is 0.672. The summed E-state index contributed by atoms with van der Waals surface area (Å²) < 4.78 is 1.36. The average Bonchev–Trinajstić information content (AvgIpc) is 1.86. The SMILES string of the molecule is Cln1ccnc1.[Co]. The predicted molar refractivity (Wildman–Crippen MR) is 23.5 cm³/mol. The molecule has 0 spiro atoms. The molecular weight excluding hydrogens is 158 g/mol. The molecule has 0 N–H and O–H groups in total. The minimum atomic E-state index is 0. The van der Waals surface area contributed by atoms with E-state index < -0.39 is 0 Å². The molecule has 0 bridgehead atoms. The second-order valence-electron chi connectivity index (χ2n) is 0.907.